The van der Waals surface area contributed by atoms with Gasteiger partial charge in [0.05, 0.1) is 0 Å². The first-order chi connectivity index (χ1) is 6.15. The average Bonchev–Trinajstić information content (AvgIpc) is 2.08. The first kappa shape index (κ1) is 9.67. The number of rotatable bonds is 3. The fraction of sp³-hybridized carbons (Fsp3) is 0.222. The average molecular weight is 182 g/mol. The summed E-state index contributed by atoms with van der Waals surface area (Å²) in [5.74, 6) is -1.09. The normalized spacial score (nSPS) is 10.0. The summed E-state index contributed by atoms with van der Waals surface area (Å²) in [4.78, 5) is 10.9. The van der Waals surface area contributed by atoms with E-state index in [1.165, 1.54) is 12.1 Å². The van der Waals surface area contributed by atoms with Crippen LogP contribution in [0.2, 0.25) is 0 Å². The second-order valence-corrected chi connectivity index (χ2v) is 2.70. The molecule has 0 saturated heterocycles. The molecule has 1 rings (SSSR count). The number of nitrogens with two attached hydrogens (primary N) is 2. The van der Waals surface area contributed by atoms with Gasteiger partial charge in [0.1, 0.15) is 5.82 Å². The maximum absolute atomic E-state index is 12.7. The number of carbonyl (C=O) groups excluding carboxylic acids is 1. The van der Waals surface area contributed by atoms with Crippen molar-refractivity contribution in [1.82, 2.24) is 0 Å². The van der Waals surface area contributed by atoms with Crippen LogP contribution >= 0.6 is 0 Å². The van der Waals surface area contributed by atoms with Gasteiger partial charge in [-0.3, -0.25) is 4.79 Å². The lowest BCUT2D eigenvalue weighted by molar-refractivity contribution is 0.0999. The van der Waals surface area contributed by atoms with E-state index in [4.69, 9.17) is 11.5 Å². The Morgan fingerprint density at radius 3 is 2.69 bits per heavy atom. The molecule has 1 aromatic rings. The Hall–Kier alpha value is -1.42. The van der Waals surface area contributed by atoms with Crippen molar-refractivity contribution in [1.29, 1.82) is 0 Å². The summed E-state index contributed by atoms with van der Waals surface area (Å²) in [7, 11) is 0. The maximum Gasteiger partial charge on any atom is 0.249 e. The standard InChI is InChI=1S/C9H11FN2O/c10-7-2-1-6(3-4-11)8(5-7)9(12)13/h1-2,5H,3-4,11H2,(H2,12,13). The van der Waals surface area contributed by atoms with E-state index in [1.54, 1.807) is 0 Å². The number of carbonyl (C=O) groups is 1. The quantitative estimate of drug-likeness (QED) is 0.711. The number of primary amides is 1. The highest BCUT2D eigenvalue weighted by atomic mass is 19.1. The molecular weight excluding hydrogens is 171 g/mol. The molecule has 4 heteroatoms. The zero-order valence-electron chi connectivity index (χ0n) is 7.09. The minimum Gasteiger partial charge on any atom is -0.366 e. The van der Waals surface area contributed by atoms with E-state index >= 15 is 0 Å². The largest absolute Gasteiger partial charge is 0.366 e. The van der Waals surface area contributed by atoms with Crippen LogP contribution in [0.3, 0.4) is 0 Å². The van der Waals surface area contributed by atoms with Crippen LogP contribution in [0, 0.1) is 5.82 Å². The molecule has 1 aromatic carbocycles. The van der Waals surface area contributed by atoms with Gasteiger partial charge >= 0.3 is 0 Å². The van der Waals surface area contributed by atoms with Crippen LogP contribution in [-0.2, 0) is 6.42 Å². The SMILES string of the molecule is NCCc1ccc(F)cc1C(N)=O. The van der Waals surface area contributed by atoms with E-state index in [2.05, 4.69) is 0 Å². The predicted molar refractivity (Wildman–Crippen MR) is 47.7 cm³/mol. The molecule has 0 aliphatic carbocycles. The van der Waals surface area contributed by atoms with Crippen molar-refractivity contribution in [2.45, 2.75) is 6.42 Å². The summed E-state index contributed by atoms with van der Waals surface area (Å²) in [6.07, 6.45) is 0.526. The van der Waals surface area contributed by atoms with E-state index in [9.17, 15) is 9.18 Å². The summed E-state index contributed by atoms with van der Waals surface area (Å²) in [5.41, 5.74) is 11.3. The van der Waals surface area contributed by atoms with Gasteiger partial charge in [0.15, 0.2) is 0 Å². The van der Waals surface area contributed by atoms with Gasteiger partial charge in [-0.1, -0.05) is 6.07 Å². The van der Waals surface area contributed by atoms with Gasteiger partial charge in [-0.05, 0) is 30.7 Å². The highest BCUT2D eigenvalue weighted by molar-refractivity contribution is 5.94. The minimum atomic E-state index is -0.622. The summed E-state index contributed by atoms with van der Waals surface area (Å²) >= 11 is 0. The van der Waals surface area contributed by atoms with Crippen molar-refractivity contribution in [2.24, 2.45) is 11.5 Å². The van der Waals surface area contributed by atoms with Gasteiger partial charge in [0.2, 0.25) is 5.91 Å². The molecule has 0 unspecified atom stereocenters. The zero-order chi connectivity index (χ0) is 9.84. The molecule has 4 N–H and O–H groups in total. The first-order valence-electron chi connectivity index (χ1n) is 3.93. The summed E-state index contributed by atoms with van der Waals surface area (Å²) in [6.45, 7) is 0.409. The van der Waals surface area contributed by atoms with Crippen molar-refractivity contribution in [3.63, 3.8) is 0 Å². The Labute approximate surface area is 75.5 Å². The molecular formula is C9H11FN2O. The predicted octanol–water partition coefficient (Wildman–Crippen LogP) is 0.426. The summed E-state index contributed by atoms with van der Waals surface area (Å²) < 4.78 is 12.7. The van der Waals surface area contributed by atoms with E-state index in [0.717, 1.165) is 6.07 Å². The Balaban J connectivity index is 3.10. The van der Waals surface area contributed by atoms with Crippen LogP contribution in [0.5, 0.6) is 0 Å². The third kappa shape index (κ3) is 2.26. The molecule has 0 bridgehead atoms. The van der Waals surface area contributed by atoms with Gasteiger partial charge in [-0.2, -0.15) is 0 Å². The van der Waals surface area contributed by atoms with E-state index in [-0.39, 0.29) is 5.56 Å². The molecule has 1 amide bonds. The van der Waals surface area contributed by atoms with Crippen molar-refractivity contribution in [3.8, 4) is 0 Å². The third-order valence-electron chi connectivity index (χ3n) is 1.75. The second kappa shape index (κ2) is 4.00. The molecule has 0 aliphatic rings. The monoisotopic (exact) mass is 182 g/mol. The Kier molecular flexibility index (Phi) is 2.97. The van der Waals surface area contributed by atoms with Crippen molar-refractivity contribution in [3.05, 3.63) is 35.1 Å². The molecule has 0 heterocycles. The van der Waals surface area contributed by atoms with E-state index < -0.39 is 11.7 Å². The lowest BCUT2D eigenvalue weighted by Gasteiger charge is -2.04. The molecule has 0 radical (unpaired) electrons. The molecule has 0 spiro atoms. The fourth-order valence-corrected chi connectivity index (χ4v) is 1.15. The van der Waals surface area contributed by atoms with Gasteiger partial charge < -0.3 is 11.5 Å². The molecule has 0 atom stereocenters. The van der Waals surface area contributed by atoms with Crippen LogP contribution in [-0.4, -0.2) is 12.5 Å². The van der Waals surface area contributed by atoms with Gasteiger partial charge in [-0.15, -0.1) is 0 Å². The van der Waals surface area contributed by atoms with Crippen LogP contribution < -0.4 is 11.5 Å². The van der Waals surface area contributed by atoms with Gasteiger partial charge in [0.25, 0.3) is 0 Å². The smallest absolute Gasteiger partial charge is 0.249 e. The van der Waals surface area contributed by atoms with Crippen molar-refractivity contribution >= 4 is 5.91 Å². The lowest BCUT2D eigenvalue weighted by Crippen LogP contribution is -2.16. The van der Waals surface area contributed by atoms with Crippen molar-refractivity contribution in [2.75, 3.05) is 6.54 Å². The Morgan fingerprint density at radius 1 is 1.46 bits per heavy atom. The molecule has 0 aliphatic heterocycles. The Bertz CT molecular complexity index is 325. The molecule has 0 aromatic heterocycles. The molecule has 0 saturated carbocycles. The third-order valence-corrected chi connectivity index (χ3v) is 1.75. The highest BCUT2D eigenvalue weighted by Gasteiger charge is 2.08. The molecule has 13 heavy (non-hydrogen) atoms. The molecule has 0 fully saturated rings. The van der Waals surface area contributed by atoms with Crippen LogP contribution in [0.15, 0.2) is 18.2 Å². The highest BCUT2D eigenvalue weighted by Crippen LogP contribution is 2.10. The number of hydrogen-bond acceptors (Lipinski definition) is 2. The van der Waals surface area contributed by atoms with Crippen molar-refractivity contribution < 1.29 is 9.18 Å². The van der Waals surface area contributed by atoms with Gasteiger partial charge in [0, 0.05) is 5.56 Å². The molecule has 3 nitrogen and oxygen atoms in total. The summed E-state index contributed by atoms with van der Waals surface area (Å²) in [6, 6.07) is 3.95. The zero-order valence-corrected chi connectivity index (χ0v) is 7.09. The minimum absolute atomic E-state index is 0.213. The van der Waals surface area contributed by atoms with Crippen LogP contribution in [0.1, 0.15) is 15.9 Å². The second-order valence-electron chi connectivity index (χ2n) is 2.70. The lowest BCUT2D eigenvalue weighted by atomic mass is 10.0. The first-order valence-corrected chi connectivity index (χ1v) is 3.93. The molecule has 70 valence electrons. The summed E-state index contributed by atoms with van der Waals surface area (Å²) in [5, 5.41) is 0. The number of benzene rings is 1. The van der Waals surface area contributed by atoms with Crippen LogP contribution in [0.4, 0.5) is 4.39 Å². The fourth-order valence-electron chi connectivity index (χ4n) is 1.15. The van der Waals surface area contributed by atoms with E-state index in [1.807, 2.05) is 0 Å². The van der Waals surface area contributed by atoms with E-state index in [0.29, 0.717) is 18.5 Å². The maximum atomic E-state index is 12.7. The number of amides is 1. The van der Waals surface area contributed by atoms with Crippen LogP contribution in [0.25, 0.3) is 0 Å². The number of halogens is 1. The van der Waals surface area contributed by atoms with Gasteiger partial charge in [-0.25, -0.2) is 4.39 Å². The Morgan fingerprint density at radius 2 is 2.15 bits per heavy atom. The topological polar surface area (TPSA) is 69.1 Å². The number of hydrogen-bond donors (Lipinski definition) is 2.